The van der Waals surface area contributed by atoms with Crippen molar-refractivity contribution >= 4 is 49.1 Å². The van der Waals surface area contributed by atoms with E-state index in [-0.39, 0.29) is 48.9 Å². The Hall–Kier alpha value is -4.05. The average molecular weight is 727 g/mol. The molecule has 0 unspecified atom stereocenters. The van der Waals surface area contributed by atoms with E-state index in [1.807, 2.05) is 0 Å². The molecule has 5 rings (SSSR count). The van der Waals surface area contributed by atoms with E-state index in [1.54, 1.807) is 19.1 Å². The van der Waals surface area contributed by atoms with Crippen molar-refractivity contribution in [2.45, 2.75) is 44.8 Å². The lowest BCUT2D eigenvalue weighted by atomic mass is 10.0. The Balaban J connectivity index is 0.000000223. The van der Waals surface area contributed by atoms with Gasteiger partial charge in [0.15, 0.2) is 34.8 Å². The first-order valence-electron chi connectivity index (χ1n) is 13.5. The molecular formula is C32H21F11O3S2. The van der Waals surface area contributed by atoms with Crippen molar-refractivity contribution in [2.24, 2.45) is 0 Å². The number of rotatable bonds is 7. The van der Waals surface area contributed by atoms with Crippen LogP contribution in [0.25, 0.3) is 31.3 Å². The first-order chi connectivity index (χ1) is 22.3. The predicted molar refractivity (Wildman–Crippen MR) is 160 cm³/mol. The topological polar surface area (TPSA) is 35.5 Å². The lowest BCUT2D eigenvalue weighted by Gasteiger charge is -2.16. The zero-order valence-electron chi connectivity index (χ0n) is 24.7. The number of alkyl halides is 6. The SMILES string of the molecule is CC(=O)CCSc1c(-c2ccc(C)c(F)c2F)ccc(OC(F)(F)F)c1F.Cc1ccc2c(sc3c(F)c(OC(F)(F)F)ccc32)c1F. The van der Waals surface area contributed by atoms with Crippen LogP contribution in [0.5, 0.6) is 11.5 Å². The van der Waals surface area contributed by atoms with Crippen molar-refractivity contribution in [1.82, 2.24) is 0 Å². The molecule has 0 aliphatic rings. The summed E-state index contributed by atoms with van der Waals surface area (Å²) in [7, 11) is 0. The highest BCUT2D eigenvalue weighted by Crippen LogP contribution is 2.42. The fraction of sp³-hybridized carbons (Fsp3) is 0.219. The molecule has 0 radical (unpaired) electrons. The molecule has 3 nitrogen and oxygen atoms in total. The number of aryl methyl sites for hydroxylation is 2. The largest absolute Gasteiger partial charge is 0.573 e. The van der Waals surface area contributed by atoms with Gasteiger partial charge in [0.1, 0.15) is 11.6 Å². The second-order valence-electron chi connectivity index (χ2n) is 10.1. The Kier molecular flexibility index (Phi) is 10.9. The summed E-state index contributed by atoms with van der Waals surface area (Å²) in [6.07, 6.45) is -10.1. The summed E-state index contributed by atoms with van der Waals surface area (Å²) in [4.78, 5) is 10.7. The van der Waals surface area contributed by atoms with Crippen LogP contribution in [-0.4, -0.2) is 24.3 Å². The van der Waals surface area contributed by atoms with E-state index >= 15 is 0 Å². The number of benzene rings is 4. The van der Waals surface area contributed by atoms with Gasteiger partial charge in [-0.2, -0.15) is 0 Å². The highest BCUT2D eigenvalue weighted by atomic mass is 32.2. The van der Waals surface area contributed by atoms with E-state index in [9.17, 15) is 53.1 Å². The summed E-state index contributed by atoms with van der Waals surface area (Å²) >= 11 is 1.50. The normalized spacial score (nSPS) is 11.9. The number of Topliss-reactive ketones (excluding diaryl/α,β-unsaturated/α-hetero) is 1. The third-order valence-electron chi connectivity index (χ3n) is 6.63. The van der Waals surface area contributed by atoms with E-state index in [1.165, 1.54) is 32.0 Å². The van der Waals surface area contributed by atoms with E-state index in [0.29, 0.717) is 22.4 Å². The Morgan fingerprint density at radius 2 is 1.12 bits per heavy atom. The van der Waals surface area contributed by atoms with Crippen molar-refractivity contribution in [2.75, 3.05) is 5.75 Å². The van der Waals surface area contributed by atoms with Crippen LogP contribution in [0, 0.1) is 42.9 Å². The zero-order valence-corrected chi connectivity index (χ0v) is 26.4. The van der Waals surface area contributed by atoms with Gasteiger partial charge in [0.05, 0.1) is 14.3 Å². The molecule has 16 heteroatoms. The van der Waals surface area contributed by atoms with Crippen LogP contribution in [0.3, 0.4) is 0 Å². The first-order valence-corrected chi connectivity index (χ1v) is 15.3. The molecule has 0 aliphatic carbocycles. The lowest BCUT2D eigenvalue weighted by Crippen LogP contribution is -2.18. The van der Waals surface area contributed by atoms with Crippen LogP contribution in [0.4, 0.5) is 48.3 Å². The van der Waals surface area contributed by atoms with Gasteiger partial charge in [0, 0.05) is 34.1 Å². The summed E-state index contributed by atoms with van der Waals surface area (Å²) in [5, 5.41) is 0.830. The second-order valence-corrected chi connectivity index (χ2v) is 12.3. The first kappa shape index (κ1) is 36.8. The maximum atomic E-state index is 14.6. The number of carbonyl (C=O) groups is 1. The maximum Gasteiger partial charge on any atom is 0.573 e. The number of carbonyl (C=O) groups excluding carboxylic acids is 1. The molecule has 0 saturated carbocycles. The summed E-state index contributed by atoms with van der Waals surface area (Å²) in [6.45, 7) is 4.20. The standard InChI is InChI=1S/C18H14F6O2S.C14H7F5OS/c1-9-3-4-11(15(20)14(9)19)12-5-6-13(26-18(22,23)24)16(21)17(12)27-8-7-10(2)25;1-6-2-3-7-8-4-5-9(20-14(17,18)19)11(16)13(8)21-12(7)10(6)15/h3-6H,7-8H2,1-2H3;2-5H,1H3. The van der Waals surface area contributed by atoms with Gasteiger partial charge in [0.25, 0.3) is 0 Å². The number of hydrogen-bond donors (Lipinski definition) is 0. The number of halogens is 11. The highest BCUT2D eigenvalue weighted by molar-refractivity contribution is 7.99. The quantitative estimate of drug-likeness (QED) is 0.124. The zero-order chi connectivity index (χ0) is 35.7. The Morgan fingerprint density at radius 3 is 1.71 bits per heavy atom. The molecule has 0 spiro atoms. The molecule has 0 N–H and O–H groups in total. The van der Waals surface area contributed by atoms with Crippen LogP contribution in [0.15, 0.2) is 53.4 Å². The number of hydrogen-bond acceptors (Lipinski definition) is 5. The van der Waals surface area contributed by atoms with Gasteiger partial charge in [-0.3, -0.25) is 4.79 Å². The summed E-state index contributed by atoms with van der Waals surface area (Å²) in [6, 6.07) is 9.57. The van der Waals surface area contributed by atoms with Gasteiger partial charge in [-0.25, -0.2) is 22.0 Å². The molecule has 0 fully saturated rings. The van der Waals surface area contributed by atoms with E-state index in [4.69, 9.17) is 0 Å². The molecule has 0 amide bonds. The number of fused-ring (bicyclic) bond motifs is 3. The minimum Gasteiger partial charge on any atom is -0.403 e. The summed E-state index contributed by atoms with van der Waals surface area (Å²) in [5.74, 6) is -7.54. The van der Waals surface area contributed by atoms with Crippen molar-refractivity contribution in [3.05, 3.63) is 88.7 Å². The predicted octanol–water partition coefficient (Wildman–Crippen LogP) is 11.6. The van der Waals surface area contributed by atoms with E-state index < -0.39 is 53.3 Å². The van der Waals surface area contributed by atoms with Crippen LogP contribution in [0.1, 0.15) is 24.5 Å². The molecule has 0 aliphatic heterocycles. The van der Waals surface area contributed by atoms with E-state index in [0.717, 1.165) is 35.2 Å². The smallest absolute Gasteiger partial charge is 0.403 e. The van der Waals surface area contributed by atoms with Gasteiger partial charge in [-0.1, -0.05) is 24.3 Å². The molecule has 0 saturated heterocycles. The summed E-state index contributed by atoms with van der Waals surface area (Å²) in [5.41, 5.74) is -0.0198. The number of ketones is 1. The fourth-order valence-corrected chi connectivity index (χ4v) is 6.74. The Bertz CT molecular complexity index is 2000. The van der Waals surface area contributed by atoms with Crippen molar-refractivity contribution in [3.63, 3.8) is 0 Å². The second kappa shape index (κ2) is 14.2. The molecule has 1 aromatic heterocycles. The Morgan fingerprint density at radius 1 is 0.646 bits per heavy atom. The van der Waals surface area contributed by atoms with Crippen LogP contribution in [0.2, 0.25) is 0 Å². The molecule has 256 valence electrons. The number of thiophene rings is 1. The fourth-order valence-electron chi connectivity index (χ4n) is 4.37. The molecule has 0 bridgehead atoms. The third-order valence-corrected chi connectivity index (χ3v) is 8.93. The average Bonchev–Trinajstić information content (AvgIpc) is 3.36. The van der Waals surface area contributed by atoms with Gasteiger partial charge in [-0.05, 0) is 56.2 Å². The molecule has 5 aromatic rings. The highest BCUT2D eigenvalue weighted by Gasteiger charge is 2.34. The van der Waals surface area contributed by atoms with Gasteiger partial charge in [-0.15, -0.1) is 49.4 Å². The monoisotopic (exact) mass is 726 g/mol. The molecule has 0 atom stereocenters. The molecular weight excluding hydrogens is 705 g/mol. The number of ether oxygens (including phenoxy) is 2. The van der Waals surface area contributed by atoms with Gasteiger partial charge < -0.3 is 9.47 Å². The van der Waals surface area contributed by atoms with Crippen molar-refractivity contribution in [1.29, 1.82) is 0 Å². The minimum absolute atomic E-state index is 0.0264. The van der Waals surface area contributed by atoms with Crippen molar-refractivity contribution in [3.8, 4) is 22.6 Å². The lowest BCUT2D eigenvalue weighted by molar-refractivity contribution is -0.276. The van der Waals surface area contributed by atoms with Gasteiger partial charge in [0.2, 0.25) is 0 Å². The van der Waals surface area contributed by atoms with Crippen molar-refractivity contribution < 1.29 is 62.6 Å². The summed E-state index contributed by atoms with van der Waals surface area (Å²) < 4.78 is 152. The molecule has 48 heavy (non-hydrogen) atoms. The van der Waals surface area contributed by atoms with Crippen LogP contribution < -0.4 is 9.47 Å². The Labute approximate surface area is 273 Å². The maximum absolute atomic E-state index is 14.6. The molecule has 1 heterocycles. The number of thioether (sulfide) groups is 1. The van der Waals surface area contributed by atoms with Gasteiger partial charge >= 0.3 is 12.7 Å². The van der Waals surface area contributed by atoms with Crippen LogP contribution in [-0.2, 0) is 4.79 Å². The van der Waals surface area contributed by atoms with E-state index in [2.05, 4.69) is 9.47 Å². The van der Waals surface area contributed by atoms with Crippen LogP contribution >= 0.6 is 23.1 Å². The third kappa shape index (κ3) is 8.32. The molecule has 4 aromatic carbocycles. The minimum atomic E-state index is -5.12.